The molecule has 2 amide bonds. The third-order valence-corrected chi connectivity index (χ3v) is 4.67. The molecule has 1 N–H and O–H groups in total. The summed E-state index contributed by atoms with van der Waals surface area (Å²) >= 11 is 0. The SMILES string of the molecule is CC(C)NC(=O)[C@H]1CCCN(C(=O)c2cccc(OCc3nnnn3C)c2)C1. The monoisotopic (exact) mass is 386 g/mol. The number of aromatic nitrogens is 4. The molecule has 9 nitrogen and oxygen atoms in total. The van der Waals surface area contributed by atoms with Crippen LogP contribution in [-0.2, 0) is 18.4 Å². The molecule has 1 aromatic heterocycles. The highest BCUT2D eigenvalue weighted by Gasteiger charge is 2.29. The number of nitrogens with one attached hydrogen (secondary N) is 1. The number of hydrogen-bond donors (Lipinski definition) is 1. The van der Waals surface area contributed by atoms with Gasteiger partial charge in [-0.05, 0) is 55.3 Å². The molecule has 1 atom stereocenters. The van der Waals surface area contributed by atoms with Crippen LogP contribution in [0.2, 0.25) is 0 Å². The smallest absolute Gasteiger partial charge is 0.254 e. The van der Waals surface area contributed by atoms with Crippen molar-refractivity contribution in [1.82, 2.24) is 30.4 Å². The maximum absolute atomic E-state index is 12.9. The first kappa shape index (κ1) is 19.8. The molecule has 0 aliphatic carbocycles. The molecule has 1 saturated heterocycles. The van der Waals surface area contributed by atoms with Gasteiger partial charge in [-0.15, -0.1) is 5.10 Å². The summed E-state index contributed by atoms with van der Waals surface area (Å²) in [4.78, 5) is 27.0. The molecule has 0 spiro atoms. The standard InChI is InChI=1S/C19H26N6O3/c1-13(2)20-18(26)15-7-5-9-25(11-15)19(27)14-6-4-8-16(10-14)28-12-17-21-22-23-24(17)3/h4,6,8,10,13,15H,5,7,9,11-12H2,1-3H3,(H,20,26)/t15-/m0/s1. The summed E-state index contributed by atoms with van der Waals surface area (Å²) in [5, 5.41) is 14.1. The summed E-state index contributed by atoms with van der Waals surface area (Å²) in [6, 6.07) is 7.14. The average Bonchev–Trinajstić information content (AvgIpc) is 3.10. The number of tetrazole rings is 1. The van der Waals surface area contributed by atoms with Crippen LogP contribution in [-0.4, -0.2) is 56.1 Å². The lowest BCUT2D eigenvalue weighted by Gasteiger charge is -2.32. The molecule has 3 rings (SSSR count). The minimum Gasteiger partial charge on any atom is -0.486 e. The molecular formula is C19H26N6O3. The number of amides is 2. The van der Waals surface area contributed by atoms with Crippen molar-refractivity contribution in [3.05, 3.63) is 35.7 Å². The van der Waals surface area contributed by atoms with E-state index in [1.54, 1.807) is 36.2 Å². The van der Waals surface area contributed by atoms with Crippen LogP contribution in [0.1, 0.15) is 42.9 Å². The molecule has 1 fully saturated rings. The number of aryl methyl sites for hydroxylation is 1. The molecular weight excluding hydrogens is 360 g/mol. The van der Waals surface area contributed by atoms with Crippen LogP contribution in [0.25, 0.3) is 0 Å². The predicted molar refractivity (Wildman–Crippen MR) is 101 cm³/mol. The lowest BCUT2D eigenvalue weighted by molar-refractivity contribution is -0.126. The van der Waals surface area contributed by atoms with E-state index in [2.05, 4.69) is 20.8 Å². The van der Waals surface area contributed by atoms with Crippen LogP contribution in [0.3, 0.4) is 0 Å². The summed E-state index contributed by atoms with van der Waals surface area (Å²) in [6.07, 6.45) is 1.62. The second-order valence-electron chi connectivity index (χ2n) is 7.29. The van der Waals surface area contributed by atoms with E-state index in [0.717, 1.165) is 12.8 Å². The van der Waals surface area contributed by atoms with Crippen molar-refractivity contribution in [3.63, 3.8) is 0 Å². The molecule has 0 saturated carbocycles. The van der Waals surface area contributed by atoms with Crippen LogP contribution in [0.4, 0.5) is 0 Å². The number of carbonyl (C=O) groups is 2. The highest BCUT2D eigenvalue weighted by molar-refractivity contribution is 5.95. The Balaban J connectivity index is 1.63. The summed E-state index contributed by atoms with van der Waals surface area (Å²) in [6.45, 7) is 5.17. The molecule has 2 heterocycles. The lowest BCUT2D eigenvalue weighted by Crippen LogP contribution is -2.46. The third kappa shape index (κ3) is 4.85. The van der Waals surface area contributed by atoms with Gasteiger partial charge in [-0.1, -0.05) is 6.07 Å². The maximum Gasteiger partial charge on any atom is 0.254 e. The van der Waals surface area contributed by atoms with Gasteiger partial charge in [-0.2, -0.15) is 0 Å². The number of carbonyl (C=O) groups excluding carboxylic acids is 2. The highest BCUT2D eigenvalue weighted by Crippen LogP contribution is 2.21. The number of nitrogens with zero attached hydrogens (tertiary/aromatic N) is 5. The number of ether oxygens (including phenoxy) is 1. The van der Waals surface area contributed by atoms with Gasteiger partial charge in [0, 0.05) is 31.7 Å². The van der Waals surface area contributed by atoms with Gasteiger partial charge in [0.25, 0.3) is 5.91 Å². The zero-order valence-corrected chi connectivity index (χ0v) is 16.5. The van der Waals surface area contributed by atoms with Crippen LogP contribution < -0.4 is 10.1 Å². The van der Waals surface area contributed by atoms with Crippen molar-refractivity contribution in [2.75, 3.05) is 13.1 Å². The maximum atomic E-state index is 12.9. The summed E-state index contributed by atoms with van der Waals surface area (Å²) in [5.41, 5.74) is 0.540. The van der Waals surface area contributed by atoms with Gasteiger partial charge >= 0.3 is 0 Å². The first-order valence-corrected chi connectivity index (χ1v) is 9.48. The predicted octanol–water partition coefficient (Wildman–Crippen LogP) is 1.17. The Morgan fingerprint density at radius 2 is 2.18 bits per heavy atom. The minimum atomic E-state index is -0.164. The van der Waals surface area contributed by atoms with Crippen molar-refractivity contribution in [2.24, 2.45) is 13.0 Å². The van der Waals surface area contributed by atoms with Crippen molar-refractivity contribution >= 4 is 11.8 Å². The fourth-order valence-corrected chi connectivity index (χ4v) is 3.20. The van der Waals surface area contributed by atoms with E-state index in [-0.39, 0.29) is 30.4 Å². The molecule has 9 heteroatoms. The number of rotatable bonds is 6. The van der Waals surface area contributed by atoms with Crippen molar-refractivity contribution in [1.29, 1.82) is 0 Å². The molecule has 28 heavy (non-hydrogen) atoms. The molecule has 150 valence electrons. The van der Waals surface area contributed by atoms with Gasteiger partial charge in [0.1, 0.15) is 12.4 Å². The highest BCUT2D eigenvalue weighted by atomic mass is 16.5. The summed E-state index contributed by atoms with van der Waals surface area (Å²) < 4.78 is 7.25. The molecule has 1 aromatic carbocycles. The Morgan fingerprint density at radius 1 is 1.36 bits per heavy atom. The van der Waals surface area contributed by atoms with Crippen LogP contribution in [0.15, 0.2) is 24.3 Å². The topological polar surface area (TPSA) is 102 Å². The molecule has 1 aliphatic heterocycles. The number of hydrogen-bond acceptors (Lipinski definition) is 6. The lowest BCUT2D eigenvalue weighted by atomic mass is 9.96. The van der Waals surface area contributed by atoms with E-state index < -0.39 is 0 Å². The number of piperidine rings is 1. The van der Waals surface area contributed by atoms with Gasteiger partial charge < -0.3 is 15.0 Å². The summed E-state index contributed by atoms with van der Waals surface area (Å²) in [7, 11) is 1.74. The van der Waals surface area contributed by atoms with Crippen molar-refractivity contribution in [2.45, 2.75) is 39.3 Å². The Labute approximate surface area is 164 Å². The van der Waals surface area contributed by atoms with Crippen LogP contribution in [0, 0.1) is 5.92 Å². The first-order valence-electron chi connectivity index (χ1n) is 9.48. The van der Waals surface area contributed by atoms with Gasteiger partial charge in [-0.3, -0.25) is 9.59 Å². The first-order chi connectivity index (χ1) is 13.4. The fraction of sp³-hybridized carbons (Fsp3) is 0.526. The zero-order valence-electron chi connectivity index (χ0n) is 16.5. The molecule has 0 unspecified atom stereocenters. The second kappa shape index (κ2) is 8.81. The van der Waals surface area contributed by atoms with Crippen LogP contribution in [0.5, 0.6) is 5.75 Å². The normalized spacial score (nSPS) is 16.9. The Bertz CT molecular complexity index is 835. The van der Waals surface area contributed by atoms with Gasteiger partial charge in [0.15, 0.2) is 5.82 Å². The summed E-state index contributed by atoms with van der Waals surface area (Å²) in [5.74, 6) is 0.921. The van der Waals surface area contributed by atoms with Crippen LogP contribution >= 0.6 is 0 Å². The van der Waals surface area contributed by atoms with E-state index in [1.807, 2.05) is 13.8 Å². The van der Waals surface area contributed by atoms with Gasteiger partial charge in [-0.25, -0.2) is 4.68 Å². The number of likely N-dealkylation sites (tertiary alicyclic amines) is 1. The largest absolute Gasteiger partial charge is 0.486 e. The molecule has 0 bridgehead atoms. The Kier molecular flexibility index (Phi) is 6.23. The van der Waals surface area contributed by atoms with Crippen molar-refractivity contribution < 1.29 is 14.3 Å². The molecule has 2 aromatic rings. The fourth-order valence-electron chi connectivity index (χ4n) is 3.20. The number of benzene rings is 1. The van der Waals surface area contributed by atoms with Crippen molar-refractivity contribution in [3.8, 4) is 5.75 Å². The van der Waals surface area contributed by atoms with Gasteiger partial charge in [0.05, 0.1) is 5.92 Å². The van der Waals surface area contributed by atoms with E-state index >= 15 is 0 Å². The van der Waals surface area contributed by atoms with E-state index in [0.29, 0.717) is 30.2 Å². The Morgan fingerprint density at radius 3 is 2.89 bits per heavy atom. The van der Waals surface area contributed by atoms with E-state index in [4.69, 9.17) is 4.74 Å². The minimum absolute atomic E-state index is 0.0156. The molecule has 1 aliphatic rings. The molecule has 0 radical (unpaired) electrons. The third-order valence-electron chi connectivity index (χ3n) is 4.67. The Hall–Kier alpha value is -2.97. The van der Waals surface area contributed by atoms with E-state index in [1.165, 1.54) is 4.68 Å². The second-order valence-corrected chi connectivity index (χ2v) is 7.29. The quantitative estimate of drug-likeness (QED) is 0.799. The van der Waals surface area contributed by atoms with Gasteiger partial charge in [0.2, 0.25) is 5.91 Å². The zero-order chi connectivity index (χ0) is 20.1. The average molecular weight is 386 g/mol. The van der Waals surface area contributed by atoms with E-state index in [9.17, 15) is 9.59 Å².